The van der Waals surface area contributed by atoms with Gasteiger partial charge in [0.2, 0.25) is 0 Å². The van der Waals surface area contributed by atoms with E-state index in [4.69, 9.17) is 18.0 Å². The molecule has 3 nitrogen and oxygen atoms in total. The Morgan fingerprint density at radius 1 is 1.25 bits per heavy atom. The Morgan fingerprint density at radius 2 is 2.00 bits per heavy atom. The number of nitrogens with two attached hydrogens (primary N) is 1. The summed E-state index contributed by atoms with van der Waals surface area (Å²) < 4.78 is 0. The maximum Gasteiger partial charge on any atom is 0.136 e. The van der Waals surface area contributed by atoms with Gasteiger partial charge in [-0.05, 0) is 37.5 Å². The van der Waals surface area contributed by atoms with Crippen molar-refractivity contribution in [2.24, 2.45) is 5.73 Å². The molecule has 1 heterocycles. The van der Waals surface area contributed by atoms with E-state index in [1.165, 1.54) is 5.56 Å². The Balaban J connectivity index is 1.95. The number of aryl methyl sites for hydroxylation is 1. The average Bonchev–Trinajstić information content (AvgIpc) is 2.46. The quantitative estimate of drug-likeness (QED) is 0.801. The van der Waals surface area contributed by atoms with E-state index in [0.29, 0.717) is 11.0 Å². The van der Waals surface area contributed by atoms with Crippen LogP contribution in [0.25, 0.3) is 0 Å². The van der Waals surface area contributed by atoms with E-state index < -0.39 is 0 Å². The molecule has 1 unspecified atom stereocenters. The molecule has 0 radical (unpaired) electrons. The normalized spacial score (nSPS) is 11.8. The first-order valence-electron chi connectivity index (χ1n) is 6.72. The third kappa shape index (κ3) is 4.03. The fraction of sp³-hybridized carbons (Fsp3) is 0.250. The molecule has 2 aromatic rings. The molecule has 0 bridgehead atoms. The van der Waals surface area contributed by atoms with Crippen LogP contribution >= 0.6 is 12.2 Å². The van der Waals surface area contributed by atoms with Gasteiger partial charge in [-0.15, -0.1) is 0 Å². The van der Waals surface area contributed by atoms with Gasteiger partial charge in [0.05, 0.1) is 5.56 Å². The summed E-state index contributed by atoms with van der Waals surface area (Å²) in [5.74, 6) is 0.764. The van der Waals surface area contributed by atoms with E-state index in [-0.39, 0.29) is 0 Å². The molecule has 0 aliphatic heterocycles. The van der Waals surface area contributed by atoms with Crippen molar-refractivity contribution in [3.05, 3.63) is 59.8 Å². The van der Waals surface area contributed by atoms with Crippen molar-refractivity contribution in [2.75, 3.05) is 5.32 Å². The van der Waals surface area contributed by atoms with Crippen LogP contribution in [0.3, 0.4) is 0 Å². The summed E-state index contributed by atoms with van der Waals surface area (Å²) in [6.45, 7) is 2.14. The molecular weight excluding hydrogens is 266 g/mol. The minimum Gasteiger partial charge on any atom is -0.389 e. The van der Waals surface area contributed by atoms with Gasteiger partial charge in [0.1, 0.15) is 10.8 Å². The standard InChI is InChI=1S/C16H19N3S/c1-12(9-10-13-6-3-2-4-7-13)19-16-14(15(17)20)8-5-11-18-16/h2-8,11-12H,9-10H2,1H3,(H2,17,20)(H,18,19). The van der Waals surface area contributed by atoms with E-state index in [0.717, 1.165) is 24.2 Å². The minimum absolute atomic E-state index is 0.304. The Morgan fingerprint density at radius 3 is 2.70 bits per heavy atom. The van der Waals surface area contributed by atoms with Crippen molar-refractivity contribution < 1.29 is 0 Å². The zero-order valence-electron chi connectivity index (χ0n) is 11.5. The van der Waals surface area contributed by atoms with E-state index in [1.807, 2.05) is 18.2 Å². The predicted molar refractivity (Wildman–Crippen MR) is 88.0 cm³/mol. The van der Waals surface area contributed by atoms with Crippen LogP contribution < -0.4 is 11.1 Å². The minimum atomic E-state index is 0.304. The lowest BCUT2D eigenvalue weighted by Crippen LogP contribution is -2.21. The molecule has 0 fully saturated rings. The lowest BCUT2D eigenvalue weighted by molar-refractivity contribution is 0.703. The van der Waals surface area contributed by atoms with Gasteiger partial charge in [-0.3, -0.25) is 0 Å². The predicted octanol–water partition coefficient (Wildman–Crippen LogP) is 3.15. The number of hydrogen-bond donors (Lipinski definition) is 2. The maximum absolute atomic E-state index is 5.71. The summed E-state index contributed by atoms with van der Waals surface area (Å²) in [5.41, 5.74) is 7.85. The summed E-state index contributed by atoms with van der Waals surface area (Å²) in [6.07, 6.45) is 3.80. The molecule has 0 saturated carbocycles. The fourth-order valence-corrected chi connectivity index (χ4v) is 2.22. The molecule has 0 amide bonds. The number of benzene rings is 1. The average molecular weight is 285 g/mol. The molecule has 1 atom stereocenters. The van der Waals surface area contributed by atoms with Crippen molar-refractivity contribution in [3.63, 3.8) is 0 Å². The number of nitrogens with one attached hydrogen (secondary N) is 1. The third-order valence-corrected chi connectivity index (χ3v) is 3.39. The lowest BCUT2D eigenvalue weighted by atomic mass is 10.1. The summed E-state index contributed by atoms with van der Waals surface area (Å²) in [6, 6.07) is 14.5. The first-order chi connectivity index (χ1) is 9.66. The summed E-state index contributed by atoms with van der Waals surface area (Å²) in [4.78, 5) is 4.69. The lowest BCUT2D eigenvalue weighted by Gasteiger charge is -2.16. The molecule has 3 N–H and O–H groups in total. The molecule has 0 saturated heterocycles. The highest BCUT2D eigenvalue weighted by atomic mass is 32.1. The van der Waals surface area contributed by atoms with Gasteiger partial charge in [-0.1, -0.05) is 42.5 Å². The largest absolute Gasteiger partial charge is 0.389 e. The molecule has 4 heteroatoms. The monoisotopic (exact) mass is 285 g/mol. The second-order valence-corrected chi connectivity index (χ2v) is 5.27. The zero-order chi connectivity index (χ0) is 14.4. The van der Waals surface area contributed by atoms with Crippen molar-refractivity contribution in [3.8, 4) is 0 Å². The van der Waals surface area contributed by atoms with Crippen LogP contribution in [-0.4, -0.2) is 16.0 Å². The van der Waals surface area contributed by atoms with E-state index >= 15 is 0 Å². The molecule has 0 aliphatic rings. The Kier molecular flexibility index (Phi) is 5.07. The molecule has 0 spiro atoms. The highest BCUT2D eigenvalue weighted by Crippen LogP contribution is 2.14. The summed E-state index contributed by atoms with van der Waals surface area (Å²) >= 11 is 5.04. The Bertz CT molecular complexity index is 569. The van der Waals surface area contributed by atoms with Crippen LogP contribution in [0.5, 0.6) is 0 Å². The Hall–Kier alpha value is -1.94. The molecule has 1 aromatic heterocycles. The Labute approximate surface area is 125 Å². The number of anilines is 1. The van der Waals surface area contributed by atoms with Crippen molar-refractivity contribution >= 4 is 23.0 Å². The van der Waals surface area contributed by atoms with Crippen LogP contribution in [0, 0.1) is 0 Å². The van der Waals surface area contributed by atoms with Crippen molar-refractivity contribution in [1.29, 1.82) is 0 Å². The van der Waals surface area contributed by atoms with E-state index in [2.05, 4.69) is 41.5 Å². The van der Waals surface area contributed by atoms with Gasteiger partial charge in [0.15, 0.2) is 0 Å². The molecular formula is C16H19N3S. The number of rotatable bonds is 6. The third-order valence-electron chi connectivity index (χ3n) is 3.17. The van der Waals surface area contributed by atoms with Gasteiger partial charge >= 0.3 is 0 Å². The van der Waals surface area contributed by atoms with Crippen LogP contribution in [0.4, 0.5) is 5.82 Å². The smallest absolute Gasteiger partial charge is 0.136 e. The number of nitrogens with zero attached hydrogens (tertiary/aromatic N) is 1. The molecule has 0 aliphatic carbocycles. The SMILES string of the molecule is CC(CCc1ccccc1)Nc1ncccc1C(N)=S. The van der Waals surface area contributed by atoms with Gasteiger partial charge in [0.25, 0.3) is 0 Å². The maximum atomic E-state index is 5.71. The van der Waals surface area contributed by atoms with Crippen LogP contribution in [0.1, 0.15) is 24.5 Å². The van der Waals surface area contributed by atoms with Gasteiger partial charge in [0, 0.05) is 12.2 Å². The second kappa shape index (κ2) is 7.01. The van der Waals surface area contributed by atoms with Gasteiger partial charge < -0.3 is 11.1 Å². The number of pyridine rings is 1. The van der Waals surface area contributed by atoms with Crippen molar-refractivity contribution in [1.82, 2.24) is 4.98 Å². The molecule has 1 aromatic carbocycles. The van der Waals surface area contributed by atoms with E-state index in [1.54, 1.807) is 6.20 Å². The highest BCUT2D eigenvalue weighted by Gasteiger charge is 2.09. The molecule has 2 rings (SSSR count). The molecule has 104 valence electrons. The highest BCUT2D eigenvalue weighted by molar-refractivity contribution is 7.80. The van der Waals surface area contributed by atoms with Crippen LogP contribution in [0.2, 0.25) is 0 Å². The zero-order valence-corrected chi connectivity index (χ0v) is 12.4. The van der Waals surface area contributed by atoms with Crippen LogP contribution in [0.15, 0.2) is 48.7 Å². The van der Waals surface area contributed by atoms with Gasteiger partial charge in [-0.2, -0.15) is 0 Å². The first-order valence-corrected chi connectivity index (χ1v) is 7.13. The number of hydrogen-bond acceptors (Lipinski definition) is 3. The number of thiocarbonyl (C=S) groups is 1. The van der Waals surface area contributed by atoms with E-state index in [9.17, 15) is 0 Å². The topological polar surface area (TPSA) is 50.9 Å². The molecule has 20 heavy (non-hydrogen) atoms. The first kappa shape index (κ1) is 14.5. The summed E-state index contributed by atoms with van der Waals surface area (Å²) in [5, 5.41) is 3.38. The van der Waals surface area contributed by atoms with Crippen molar-refractivity contribution in [2.45, 2.75) is 25.8 Å². The fourth-order valence-electron chi connectivity index (χ4n) is 2.05. The van der Waals surface area contributed by atoms with Crippen LogP contribution in [-0.2, 0) is 6.42 Å². The second-order valence-electron chi connectivity index (χ2n) is 4.83. The summed E-state index contributed by atoms with van der Waals surface area (Å²) in [7, 11) is 0. The number of aromatic nitrogens is 1. The van der Waals surface area contributed by atoms with Gasteiger partial charge in [-0.25, -0.2) is 4.98 Å².